The maximum Gasteiger partial charge on any atom is 0.224 e. The predicted octanol–water partition coefficient (Wildman–Crippen LogP) is 4.97. The molecule has 0 aliphatic carbocycles. The van der Waals surface area contributed by atoms with E-state index in [1.54, 1.807) is 48.7 Å². The number of rotatable bonds is 7. The zero-order chi connectivity index (χ0) is 19.9. The first kappa shape index (κ1) is 20.1. The van der Waals surface area contributed by atoms with Crippen molar-refractivity contribution in [1.82, 2.24) is 10.3 Å². The number of amides is 1. The number of ether oxygens (including phenoxy) is 1. The van der Waals surface area contributed by atoms with Crippen LogP contribution in [-0.2, 0) is 24.4 Å². The number of nitrogens with zero attached hydrogens (tertiary/aromatic N) is 1. The quantitative estimate of drug-likeness (QED) is 0.589. The molecule has 0 spiro atoms. The van der Waals surface area contributed by atoms with Gasteiger partial charge in [0.15, 0.2) is 0 Å². The van der Waals surface area contributed by atoms with Crippen molar-refractivity contribution in [2.45, 2.75) is 19.6 Å². The minimum atomic E-state index is -0.359. The molecule has 2 aromatic carbocycles. The molecular formula is C21H17Cl2FN2O2. The van der Waals surface area contributed by atoms with E-state index < -0.39 is 0 Å². The maximum atomic E-state index is 13.2. The van der Waals surface area contributed by atoms with Crippen LogP contribution in [0.4, 0.5) is 4.39 Å². The Morgan fingerprint density at radius 1 is 1.07 bits per heavy atom. The van der Waals surface area contributed by atoms with Crippen LogP contribution in [0.25, 0.3) is 0 Å². The van der Waals surface area contributed by atoms with Crippen molar-refractivity contribution in [3.05, 3.63) is 93.3 Å². The lowest BCUT2D eigenvalue weighted by atomic mass is 10.1. The van der Waals surface area contributed by atoms with E-state index in [0.717, 1.165) is 11.1 Å². The normalized spacial score (nSPS) is 10.5. The molecule has 0 radical (unpaired) electrons. The van der Waals surface area contributed by atoms with Crippen LogP contribution in [0.1, 0.15) is 16.7 Å². The van der Waals surface area contributed by atoms with Crippen molar-refractivity contribution >= 4 is 29.1 Å². The molecule has 3 rings (SSSR count). The lowest BCUT2D eigenvalue weighted by Gasteiger charge is -2.09. The number of carbonyl (C=O) groups is 1. The van der Waals surface area contributed by atoms with Gasteiger partial charge in [0.25, 0.3) is 0 Å². The van der Waals surface area contributed by atoms with Crippen LogP contribution in [0.5, 0.6) is 5.88 Å². The van der Waals surface area contributed by atoms with Crippen molar-refractivity contribution in [2.75, 3.05) is 0 Å². The van der Waals surface area contributed by atoms with Gasteiger partial charge in [-0.2, -0.15) is 0 Å². The van der Waals surface area contributed by atoms with E-state index in [0.29, 0.717) is 28.0 Å². The summed E-state index contributed by atoms with van der Waals surface area (Å²) in [6, 6.07) is 14.7. The average molecular weight is 419 g/mol. The Hall–Kier alpha value is -2.63. The molecule has 4 nitrogen and oxygen atoms in total. The summed E-state index contributed by atoms with van der Waals surface area (Å²) in [5.74, 6) is -0.136. The van der Waals surface area contributed by atoms with E-state index in [1.807, 2.05) is 0 Å². The van der Waals surface area contributed by atoms with E-state index in [4.69, 9.17) is 27.9 Å². The van der Waals surface area contributed by atoms with Crippen LogP contribution in [0.3, 0.4) is 0 Å². The SMILES string of the molecule is O=C(Cc1cccc(F)c1)NCc1ccnc(OCc2ccc(Cl)cc2Cl)c1. The summed E-state index contributed by atoms with van der Waals surface area (Å²) in [6.07, 6.45) is 1.72. The van der Waals surface area contributed by atoms with Gasteiger partial charge < -0.3 is 10.1 Å². The van der Waals surface area contributed by atoms with Crippen molar-refractivity contribution in [3.8, 4) is 5.88 Å². The first-order valence-electron chi connectivity index (χ1n) is 8.52. The molecule has 0 saturated heterocycles. The third-order valence-corrected chi connectivity index (χ3v) is 4.52. The van der Waals surface area contributed by atoms with Gasteiger partial charge in [-0.05, 0) is 41.5 Å². The fourth-order valence-corrected chi connectivity index (χ4v) is 2.99. The number of nitrogens with one attached hydrogen (secondary N) is 1. The summed E-state index contributed by atoms with van der Waals surface area (Å²) >= 11 is 12.0. The summed E-state index contributed by atoms with van der Waals surface area (Å²) in [5.41, 5.74) is 2.25. The molecule has 0 aliphatic rings. The van der Waals surface area contributed by atoms with E-state index >= 15 is 0 Å². The van der Waals surface area contributed by atoms with Crippen LogP contribution in [0, 0.1) is 5.82 Å². The summed E-state index contributed by atoms with van der Waals surface area (Å²) in [6.45, 7) is 0.563. The van der Waals surface area contributed by atoms with Gasteiger partial charge in [0.1, 0.15) is 12.4 Å². The summed E-state index contributed by atoms with van der Waals surface area (Å²) in [7, 11) is 0. The fourth-order valence-electron chi connectivity index (χ4n) is 2.53. The first-order chi connectivity index (χ1) is 13.5. The molecule has 28 heavy (non-hydrogen) atoms. The molecule has 0 unspecified atom stereocenters. The maximum absolute atomic E-state index is 13.2. The van der Waals surface area contributed by atoms with E-state index in [2.05, 4.69) is 10.3 Å². The Balaban J connectivity index is 1.53. The zero-order valence-corrected chi connectivity index (χ0v) is 16.3. The zero-order valence-electron chi connectivity index (χ0n) is 14.8. The van der Waals surface area contributed by atoms with Gasteiger partial charge in [-0.15, -0.1) is 0 Å². The van der Waals surface area contributed by atoms with Gasteiger partial charge in [-0.1, -0.05) is 41.4 Å². The molecule has 0 atom stereocenters. The number of hydrogen-bond donors (Lipinski definition) is 1. The van der Waals surface area contributed by atoms with E-state index in [1.165, 1.54) is 12.1 Å². The number of pyridine rings is 1. The van der Waals surface area contributed by atoms with Crippen molar-refractivity contribution < 1.29 is 13.9 Å². The monoisotopic (exact) mass is 418 g/mol. The third-order valence-electron chi connectivity index (χ3n) is 3.93. The van der Waals surface area contributed by atoms with Gasteiger partial charge in [-0.3, -0.25) is 4.79 Å². The van der Waals surface area contributed by atoms with Crippen LogP contribution in [-0.4, -0.2) is 10.9 Å². The summed E-state index contributed by atoms with van der Waals surface area (Å²) in [5, 5.41) is 3.88. The third kappa shape index (κ3) is 5.94. The van der Waals surface area contributed by atoms with Gasteiger partial charge in [0.2, 0.25) is 11.8 Å². The van der Waals surface area contributed by atoms with Crippen LogP contribution in [0.15, 0.2) is 60.8 Å². The molecule has 0 fully saturated rings. The van der Waals surface area contributed by atoms with Crippen molar-refractivity contribution in [3.63, 3.8) is 0 Å². The Kier molecular flexibility index (Phi) is 6.85. The molecule has 144 valence electrons. The standard InChI is InChI=1S/C21H17Cl2FN2O2/c22-17-5-4-16(19(23)11-17)13-28-21-10-15(6-7-25-21)12-26-20(27)9-14-2-1-3-18(24)8-14/h1-8,10-11H,9,12-13H2,(H,26,27). The second kappa shape index (κ2) is 9.53. The number of halogens is 3. The Morgan fingerprint density at radius 3 is 2.71 bits per heavy atom. The van der Waals surface area contributed by atoms with Crippen LogP contribution >= 0.6 is 23.2 Å². The lowest BCUT2D eigenvalue weighted by molar-refractivity contribution is -0.120. The van der Waals surface area contributed by atoms with Crippen molar-refractivity contribution in [2.24, 2.45) is 0 Å². The van der Waals surface area contributed by atoms with E-state index in [9.17, 15) is 9.18 Å². The molecule has 0 bridgehead atoms. The van der Waals surface area contributed by atoms with E-state index in [-0.39, 0.29) is 24.8 Å². The average Bonchev–Trinajstić information content (AvgIpc) is 2.66. The first-order valence-corrected chi connectivity index (χ1v) is 9.28. The molecule has 7 heteroatoms. The fraction of sp³-hybridized carbons (Fsp3) is 0.143. The number of aromatic nitrogens is 1. The van der Waals surface area contributed by atoms with Gasteiger partial charge in [0.05, 0.1) is 6.42 Å². The smallest absolute Gasteiger partial charge is 0.224 e. The minimum Gasteiger partial charge on any atom is -0.473 e. The molecule has 0 saturated carbocycles. The second-order valence-corrected chi connectivity index (χ2v) is 6.95. The highest BCUT2D eigenvalue weighted by atomic mass is 35.5. The lowest BCUT2D eigenvalue weighted by Crippen LogP contribution is -2.24. The molecule has 1 N–H and O–H groups in total. The highest BCUT2D eigenvalue weighted by Crippen LogP contribution is 2.22. The van der Waals surface area contributed by atoms with Crippen LogP contribution in [0.2, 0.25) is 10.0 Å². The number of hydrogen-bond acceptors (Lipinski definition) is 3. The Morgan fingerprint density at radius 2 is 1.93 bits per heavy atom. The topological polar surface area (TPSA) is 51.2 Å². The van der Waals surface area contributed by atoms with Gasteiger partial charge in [-0.25, -0.2) is 9.37 Å². The molecule has 1 aromatic heterocycles. The Labute approximate surface area is 172 Å². The van der Waals surface area contributed by atoms with Gasteiger partial charge >= 0.3 is 0 Å². The number of benzene rings is 2. The highest BCUT2D eigenvalue weighted by Gasteiger charge is 2.07. The Bertz CT molecular complexity index is 982. The second-order valence-electron chi connectivity index (χ2n) is 6.11. The molecule has 0 aliphatic heterocycles. The number of carbonyl (C=O) groups excluding carboxylic acids is 1. The molecule has 1 amide bonds. The summed E-state index contributed by atoms with van der Waals surface area (Å²) in [4.78, 5) is 16.2. The predicted molar refractivity (Wildman–Crippen MR) is 107 cm³/mol. The largest absolute Gasteiger partial charge is 0.473 e. The van der Waals surface area contributed by atoms with Crippen molar-refractivity contribution in [1.29, 1.82) is 0 Å². The van der Waals surface area contributed by atoms with Crippen LogP contribution < -0.4 is 10.1 Å². The highest BCUT2D eigenvalue weighted by molar-refractivity contribution is 6.35. The van der Waals surface area contributed by atoms with Gasteiger partial charge in [0, 0.05) is 34.4 Å². The summed E-state index contributed by atoms with van der Waals surface area (Å²) < 4.78 is 18.9. The molecule has 3 aromatic rings. The molecule has 1 heterocycles. The minimum absolute atomic E-state index is 0.112. The molecular weight excluding hydrogens is 402 g/mol.